The van der Waals surface area contributed by atoms with Crippen LogP contribution in [-0.2, 0) is 4.79 Å². The van der Waals surface area contributed by atoms with Crippen molar-refractivity contribution in [2.24, 2.45) is 0 Å². The Kier molecular flexibility index (Phi) is 4.26. The van der Waals surface area contributed by atoms with Crippen LogP contribution in [0.1, 0.15) is 29.3 Å². The van der Waals surface area contributed by atoms with Gasteiger partial charge in [-0.25, -0.2) is 0 Å². The van der Waals surface area contributed by atoms with Gasteiger partial charge in [0.05, 0.1) is 9.83 Å². The fourth-order valence-electron chi connectivity index (χ4n) is 2.79. The van der Waals surface area contributed by atoms with Crippen LogP contribution in [0.3, 0.4) is 0 Å². The van der Waals surface area contributed by atoms with E-state index in [0.717, 1.165) is 23.2 Å². The summed E-state index contributed by atoms with van der Waals surface area (Å²) in [5.74, 6) is -0.710. The third kappa shape index (κ3) is 2.70. The monoisotopic (exact) mass is 371 g/mol. The molecule has 3 nitrogen and oxygen atoms in total. The molecule has 3 heterocycles. The van der Waals surface area contributed by atoms with Crippen molar-refractivity contribution in [2.45, 2.75) is 24.9 Å². The predicted molar refractivity (Wildman–Crippen MR) is 85.5 cm³/mol. The van der Waals surface area contributed by atoms with Gasteiger partial charge in [0, 0.05) is 11.4 Å². The van der Waals surface area contributed by atoms with E-state index in [0.29, 0.717) is 0 Å². The van der Waals surface area contributed by atoms with Crippen LogP contribution in [0.5, 0.6) is 0 Å². The van der Waals surface area contributed by atoms with Gasteiger partial charge in [-0.1, -0.05) is 0 Å². The normalized spacial score (nSPS) is 21.1. The number of carboxylic acids is 1. The van der Waals surface area contributed by atoms with E-state index in [1.165, 1.54) is 10.4 Å². The third-order valence-corrected chi connectivity index (χ3v) is 6.01. The zero-order valence-electron chi connectivity index (χ0n) is 10.7. The molecule has 6 heteroatoms. The van der Waals surface area contributed by atoms with Gasteiger partial charge >= 0.3 is 5.97 Å². The van der Waals surface area contributed by atoms with Gasteiger partial charge in [0.2, 0.25) is 0 Å². The molecule has 0 amide bonds. The maximum Gasteiger partial charge on any atom is 0.320 e. The zero-order chi connectivity index (χ0) is 14.1. The van der Waals surface area contributed by atoms with Gasteiger partial charge < -0.3 is 5.11 Å². The lowest BCUT2D eigenvalue weighted by atomic mass is 10.1. The second-order valence-electron chi connectivity index (χ2n) is 4.84. The van der Waals surface area contributed by atoms with Crippen LogP contribution in [-0.4, -0.2) is 28.6 Å². The predicted octanol–water partition coefficient (Wildman–Crippen LogP) is 4.21. The van der Waals surface area contributed by atoms with Crippen LogP contribution in [0, 0.1) is 0 Å². The molecule has 3 rings (SSSR count). The quantitative estimate of drug-likeness (QED) is 0.874. The van der Waals surface area contributed by atoms with E-state index in [1.807, 2.05) is 6.07 Å². The summed E-state index contributed by atoms with van der Waals surface area (Å²) >= 11 is 6.84. The molecule has 0 aliphatic carbocycles. The fourth-order valence-corrected chi connectivity index (χ4v) is 5.04. The number of thiophene rings is 2. The molecule has 1 N–H and O–H groups in total. The highest BCUT2D eigenvalue weighted by molar-refractivity contribution is 9.11. The average molecular weight is 372 g/mol. The maximum atomic E-state index is 11.5. The Labute approximate surface area is 134 Å². The summed E-state index contributed by atoms with van der Waals surface area (Å²) in [5, 5.41) is 13.6. The van der Waals surface area contributed by atoms with Crippen LogP contribution in [0.15, 0.2) is 32.7 Å². The molecule has 2 aromatic rings. The van der Waals surface area contributed by atoms with Crippen molar-refractivity contribution < 1.29 is 9.90 Å². The summed E-state index contributed by atoms with van der Waals surface area (Å²) in [4.78, 5) is 14.8. The summed E-state index contributed by atoms with van der Waals surface area (Å²) in [6.07, 6.45) is 1.69. The summed E-state index contributed by atoms with van der Waals surface area (Å²) in [5.41, 5.74) is 1.19. The van der Waals surface area contributed by atoms with Crippen LogP contribution in [0.25, 0.3) is 0 Å². The molecule has 2 atom stereocenters. The number of aliphatic carboxylic acids is 1. The Morgan fingerprint density at radius 1 is 1.45 bits per heavy atom. The molecule has 0 bridgehead atoms. The minimum Gasteiger partial charge on any atom is -0.480 e. The molecule has 0 spiro atoms. The highest BCUT2D eigenvalue weighted by Crippen LogP contribution is 2.39. The second kappa shape index (κ2) is 5.97. The first kappa shape index (κ1) is 14.3. The van der Waals surface area contributed by atoms with Crippen LogP contribution in [0.2, 0.25) is 0 Å². The SMILES string of the molecule is O=C(O)C1CCCN1C(c1ccsc1)c1ccc(Br)s1. The average Bonchev–Trinajstić information content (AvgIpc) is 3.12. The Hall–Kier alpha value is -0.690. The molecular formula is C14H14BrNO2S2. The highest BCUT2D eigenvalue weighted by Gasteiger charge is 2.37. The van der Waals surface area contributed by atoms with Crippen LogP contribution >= 0.6 is 38.6 Å². The van der Waals surface area contributed by atoms with Gasteiger partial charge in [0.25, 0.3) is 0 Å². The van der Waals surface area contributed by atoms with Crippen molar-refractivity contribution >= 4 is 44.6 Å². The highest BCUT2D eigenvalue weighted by atomic mass is 79.9. The Morgan fingerprint density at radius 2 is 2.30 bits per heavy atom. The first-order valence-corrected chi connectivity index (χ1v) is 8.98. The van der Waals surface area contributed by atoms with Gasteiger partial charge in [-0.05, 0) is 63.3 Å². The van der Waals surface area contributed by atoms with E-state index in [2.05, 4.69) is 43.7 Å². The number of halogens is 1. The first-order valence-electron chi connectivity index (χ1n) is 6.42. The Bertz CT molecular complexity index is 596. The Balaban J connectivity index is 2.00. The Morgan fingerprint density at radius 3 is 2.90 bits per heavy atom. The van der Waals surface area contributed by atoms with Crippen molar-refractivity contribution in [1.29, 1.82) is 0 Å². The molecule has 1 aliphatic heterocycles. The van der Waals surface area contributed by atoms with Gasteiger partial charge in [-0.3, -0.25) is 9.69 Å². The third-order valence-electron chi connectivity index (χ3n) is 3.63. The molecule has 0 saturated carbocycles. The minimum absolute atomic E-state index is 0.0566. The maximum absolute atomic E-state index is 11.5. The summed E-state index contributed by atoms with van der Waals surface area (Å²) < 4.78 is 1.08. The number of nitrogens with zero attached hydrogens (tertiary/aromatic N) is 1. The van der Waals surface area contributed by atoms with Crippen molar-refractivity contribution in [3.8, 4) is 0 Å². The molecule has 2 aromatic heterocycles. The second-order valence-corrected chi connectivity index (χ2v) is 8.11. The van der Waals surface area contributed by atoms with Crippen molar-refractivity contribution in [2.75, 3.05) is 6.54 Å². The number of rotatable bonds is 4. The lowest BCUT2D eigenvalue weighted by Gasteiger charge is -2.30. The molecule has 1 fully saturated rings. The zero-order valence-corrected chi connectivity index (χ0v) is 13.9. The van der Waals surface area contributed by atoms with E-state index < -0.39 is 5.97 Å². The van der Waals surface area contributed by atoms with Crippen molar-refractivity contribution in [3.63, 3.8) is 0 Å². The van der Waals surface area contributed by atoms with Gasteiger partial charge in [-0.2, -0.15) is 11.3 Å². The molecule has 0 radical (unpaired) electrons. The summed E-state index contributed by atoms with van der Waals surface area (Å²) in [6, 6.07) is 5.90. The number of carbonyl (C=O) groups is 1. The molecule has 2 unspecified atom stereocenters. The van der Waals surface area contributed by atoms with E-state index in [4.69, 9.17) is 0 Å². The fraction of sp³-hybridized carbons (Fsp3) is 0.357. The lowest BCUT2D eigenvalue weighted by Crippen LogP contribution is -2.38. The van der Waals surface area contributed by atoms with E-state index in [1.54, 1.807) is 22.7 Å². The summed E-state index contributed by atoms with van der Waals surface area (Å²) in [6.45, 7) is 0.840. The molecule has 1 saturated heterocycles. The van der Waals surface area contributed by atoms with Crippen LogP contribution < -0.4 is 0 Å². The molecular weight excluding hydrogens is 358 g/mol. The number of likely N-dealkylation sites (tertiary alicyclic amines) is 1. The van der Waals surface area contributed by atoms with Crippen molar-refractivity contribution in [1.82, 2.24) is 4.90 Å². The van der Waals surface area contributed by atoms with Crippen LogP contribution in [0.4, 0.5) is 0 Å². The number of hydrogen-bond acceptors (Lipinski definition) is 4. The molecule has 0 aromatic carbocycles. The topological polar surface area (TPSA) is 40.5 Å². The van der Waals surface area contributed by atoms with E-state index in [-0.39, 0.29) is 12.1 Å². The van der Waals surface area contributed by atoms with Gasteiger partial charge in [0.15, 0.2) is 0 Å². The molecule has 1 aliphatic rings. The number of hydrogen-bond donors (Lipinski definition) is 1. The van der Waals surface area contributed by atoms with E-state index in [9.17, 15) is 9.90 Å². The molecule has 106 valence electrons. The first-order chi connectivity index (χ1) is 9.66. The largest absolute Gasteiger partial charge is 0.480 e. The van der Waals surface area contributed by atoms with Crippen molar-refractivity contribution in [3.05, 3.63) is 43.2 Å². The smallest absolute Gasteiger partial charge is 0.320 e. The van der Waals surface area contributed by atoms with E-state index >= 15 is 0 Å². The van der Waals surface area contributed by atoms with Gasteiger partial charge in [0.1, 0.15) is 6.04 Å². The molecule has 20 heavy (non-hydrogen) atoms. The van der Waals surface area contributed by atoms with Gasteiger partial charge in [-0.15, -0.1) is 11.3 Å². The minimum atomic E-state index is -0.710. The standard InChI is InChI=1S/C14H14BrNO2S2/c15-12-4-3-11(20-12)13(9-5-7-19-8-9)16-6-1-2-10(16)14(17)18/h3-5,7-8,10,13H,1-2,6H2,(H,17,18). The lowest BCUT2D eigenvalue weighted by molar-refractivity contribution is -0.142. The summed E-state index contributed by atoms with van der Waals surface area (Å²) in [7, 11) is 0. The number of carboxylic acid groups (broad SMARTS) is 1.